The van der Waals surface area contributed by atoms with Crippen LogP contribution in [0.25, 0.3) is 0 Å². The van der Waals surface area contributed by atoms with Gasteiger partial charge in [-0.2, -0.15) is 0 Å². The molecule has 2 rings (SSSR count). The fourth-order valence-electron chi connectivity index (χ4n) is 1.87. The van der Waals surface area contributed by atoms with Gasteiger partial charge in [0, 0.05) is 24.0 Å². The van der Waals surface area contributed by atoms with Crippen LogP contribution in [0.2, 0.25) is 0 Å². The molecule has 0 radical (unpaired) electrons. The number of aromatic nitrogens is 3. The number of hydrogen-bond donors (Lipinski definition) is 1. The molecule has 0 atom stereocenters. The number of hydrogen-bond acceptors (Lipinski definition) is 3. The summed E-state index contributed by atoms with van der Waals surface area (Å²) in [6.07, 6.45) is 0.805. The zero-order valence-electron chi connectivity index (χ0n) is 10.7. The molecule has 0 saturated heterocycles. The lowest BCUT2D eigenvalue weighted by Crippen LogP contribution is -2.08. The van der Waals surface area contributed by atoms with E-state index in [1.807, 2.05) is 12.1 Å². The quantitative estimate of drug-likeness (QED) is 0.923. The van der Waals surface area contributed by atoms with E-state index in [-0.39, 0.29) is 0 Å². The smallest absolute Gasteiger partial charge is 0.224 e. The van der Waals surface area contributed by atoms with Gasteiger partial charge in [0.2, 0.25) is 5.95 Å². The topological polar surface area (TPSA) is 42.7 Å². The minimum absolute atomic E-state index is 0.805. The van der Waals surface area contributed by atoms with Crippen molar-refractivity contribution in [2.75, 3.05) is 11.9 Å². The molecule has 1 aromatic carbocycles. The second kappa shape index (κ2) is 6.00. The van der Waals surface area contributed by atoms with Gasteiger partial charge < -0.3 is 5.32 Å². The van der Waals surface area contributed by atoms with Crippen molar-refractivity contribution in [1.82, 2.24) is 14.8 Å². The van der Waals surface area contributed by atoms with Gasteiger partial charge in [-0.1, -0.05) is 28.1 Å². The molecule has 0 amide bonds. The van der Waals surface area contributed by atoms with E-state index >= 15 is 0 Å². The van der Waals surface area contributed by atoms with E-state index in [0.29, 0.717) is 0 Å². The highest BCUT2D eigenvalue weighted by Gasteiger charge is 2.10. The first-order valence-corrected chi connectivity index (χ1v) is 6.94. The van der Waals surface area contributed by atoms with Crippen molar-refractivity contribution >= 4 is 21.9 Å². The first-order valence-electron chi connectivity index (χ1n) is 6.15. The molecule has 1 heterocycles. The van der Waals surface area contributed by atoms with Crippen molar-refractivity contribution in [2.24, 2.45) is 0 Å². The van der Waals surface area contributed by atoms with Crippen molar-refractivity contribution in [2.45, 2.75) is 26.8 Å². The Bertz CT molecular complexity index is 504. The van der Waals surface area contributed by atoms with Gasteiger partial charge in [-0.15, -0.1) is 10.2 Å². The zero-order chi connectivity index (χ0) is 13.0. The number of nitrogens with one attached hydrogen (secondary N) is 1. The van der Waals surface area contributed by atoms with Crippen molar-refractivity contribution in [1.29, 1.82) is 0 Å². The molecule has 0 saturated carbocycles. The molecule has 2 aromatic rings. The average molecular weight is 309 g/mol. The summed E-state index contributed by atoms with van der Waals surface area (Å²) in [5.74, 6) is 1.85. The molecule has 0 aliphatic carbocycles. The lowest BCUT2D eigenvalue weighted by Gasteiger charge is -2.08. The van der Waals surface area contributed by atoms with Crippen LogP contribution in [0.15, 0.2) is 28.7 Å². The van der Waals surface area contributed by atoms with E-state index in [9.17, 15) is 0 Å². The lowest BCUT2D eigenvalue weighted by atomic mass is 10.1. The minimum atomic E-state index is 0.805. The van der Waals surface area contributed by atoms with Crippen LogP contribution >= 0.6 is 15.9 Å². The van der Waals surface area contributed by atoms with Gasteiger partial charge in [-0.05, 0) is 31.5 Å². The Morgan fingerprint density at radius 1 is 1.17 bits per heavy atom. The number of anilines is 1. The molecule has 0 unspecified atom stereocenters. The normalized spacial score (nSPS) is 10.6. The minimum Gasteiger partial charge on any atom is -0.355 e. The van der Waals surface area contributed by atoms with Gasteiger partial charge in [-0.3, -0.25) is 4.57 Å². The number of nitrogens with zero attached hydrogens (tertiary/aromatic N) is 3. The van der Waals surface area contributed by atoms with Gasteiger partial charge in [0.25, 0.3) is 0 Å². The largest absolute Gasteiger partial charge is 0.355 e. The summed E-state index contributed by atoms with van der Waals surface area (Å²) in [6.45, 7) is 5.90. The van der Waals surface area contributed by atoms with Crippen LogP contribution in [0.3, 0.4) is 0 Å². The predicted octanol–water partition coefficient (Wildman–Crippen LogP) is 3.08. The Morgan fingerprint density at radius 2 is 1.89 bits per heavy atom. The zero-order valence-corrected chi connectivity index (χ0v) is 12.2. The van der Waals surface area contributed by atoms with Crippen LogP contribution in [0.4, 0.5) is 5.95 Å². The van der Waals surface area contributed by atoms with Gasteiger partial charge in [0.05, 0.1) is 0 Å². The summed E-state index contributed by atoms with van der Waals surface area (Å²) in [5, 5.41) is 11.7. The van der Waals surface area contributed by atoms with Crippen molar-refractivity contribution in [3.8, 4) is 0 Å². The van der Waals surface area contributed by atoms with Crippen molar-refractivity contribution in [3.63, 3.8) is 0 Å². The van der Waals surface area contributed by atoms with E-state index in [2.05, 4.69) is 62.0 Å². The van der Waals surface area contributed by atoms with Crippen molar-refractivity contribution in [3.05, 3.63) is 40.1 Å². The molecule has 1 aromatic heterocycles. The fourth-order valence-corrected chi connectivity index (χ4v) is 2.14. The highest BCUT2D eigenvalue weighted by atomic mass is 79.9. The summed E-state index contributed by atoms with van der Waals surface area (Å²) in [7, 11) is 0. The Labute approximate surface area is 116 Å². The molecule has 0 aliphatic heterocycles. The van der Waals surface area contributed by atoms with Crippen molar-refractivity contribution < 1.29 is 0 Å². The van der Waals surface area contributed by atoms with Crippen LogP contribution in [-0.4, -0.2) is 21.3 Å². The molecule has 5 heteroatoms. The van der Waals surface area contributed by atoms with E-state index in [1.165, 1.54) is 5.56 Å². The Kier molecular flexibility index (Phi) is 4.36. The van der Waals surface area contributed by atoms with Gasteiger partial charge in [-0.25, -0.2) is 0 Å². The van der Waals surface area contributed by atoms with Crippen LogP contribution < -0.4 is 5.32 Å². The first-order chi connectivity index (χ1) is 8.74. The van der Waals surface area contributed by atoms with Crippen LogP contribution in [0.1, 0.15) is 25.2 Å². The monoisotopic (exact) mass is 308 g/mol. The third-order valence-electron chi connectivity index (χ3n) is 2.75. The summed E-state index contributed by atoms with van der Waals surface area (Å²) in [4.78, 5) is 0. The maximum absolute atomic E-state index is 4.26. The average Bonchev–Trinajstić information content (AvgIpc) is 2.75. The standard InChI is InChI=1S/C13H17BrN4/c1-3-15-13-17-16-12(18(13)4-2)9-10-5-7-11(14)8-6-10/h5-8H,3-4,9H2,1-2H3,(H,15,17). The summed E-state index contributed by atoms with van der Waals surface area (Å²) < 4.78 is 3.21. The number of halogens is 1. The molecule has 0 bridgehead atoms. The molecule has 0 aliphatic rings. The first kappa shape index (κ1) is 13.1. The lowest BCUT2D eigenvalue weighted by molar-refractivity contribution is 0.716. The molecular weight excluding hydrogens is 292 g/mol. The second-order valence-corrected chi connectivity index (χ2v) is 4.93. The third kappa shape index (κ3) is 2.90. The van der Waals surface area contributed by atoms with Gasteiger partial charge >= 0.3 is 0 Å². The van der Waals surface area contributed by atoms with Crippen LogP contribution in [0, 0.1) is 0 Å². The Balaban J connectivity index is 2.20. The summed E-state index contributed by atoms with van der Waals surface area (Å²) in [6, 6.07) is 8.30. The van der Waals surface area contributed by atoms with Gasteiger partial charge in [0.15, 0.2) is 0 Å². The van der Waals surface area contributed by atoms with Crippen LogP contribution in [-0.2, 0) is 13.0 Å². The Hall–Kier alpha value is -1.36. The SMILES string of the molecule is CCNc1nnc(Cc2ccc(Br)cc2)n1CC. The highest BCUT2D eigenvalue weighted by Crippen LogP contribution is 2.15. The second-order valence-electron chi connectivity index (χ2n) is 4.02. The van der Waals surface area contributed by atoms with E-state index in [0.717, 1.165) is 35.8 Å². The van der Waals surface area contributed by atoms with Crippen LogP contribution in [0.5, 0.6) is 0 Å². The number of benzene rings is 1. The molecule has 0 spiro atoms. The van der Waals surface area contributed by atoms with E-state index in [1.54, 1.807) is 0 Å². The summed E-state index contributed by atoms with van der Waals surface area (Å²) >= 11 is 3.44. The molecule has 18 heavy (non-hydrogen) atoms. The molecule has 1 N–H and O–H groups in total. The van der Waals surface area contributed by atoms with E-state index < -0.39 is 0 Å². The van der Waals surface area contributed by atoms with Gasteiger partial charge in [0.1, 0.15) is 5.82 Å². The molecule has 96 valence electrons. The third-order valence-corrected chi connectivity index (χ3v) is 3.28. The molecular formula is C13H17BrN4. The predicted molar refractivity (Wildman–Crippen MR) is 76.8 cm³/mol. The Morgan fingerprint density at radius 3 is 2.50 bits per heavy atom. The highest BCUT2D eigenvalue weighted by molar-refractivity contribution is 9.10. The molecule has 4 nitrogen and oxygen atoms in total. The molecule has 0 fully saturated rings. The maximum atomic E-state index is 4.26. The summed E-state index contributed by atoms with van der Waals surface area (Å²) in [5.41, 5.74) is 1.24. The number of rotatable bonds is 5. The van der Waals surface area contributed by atoms with E-state index in [4.69, 9.17) is 0 Å². The maximum Gasteiger partial charge on any atom is 0.224 e. The fraction of sp³-hybridized carbons (Fsp3) is 0.385.